The molecule has 2 spiro atoms. The molecule has 0 N–H and O–H groups in total. The lowest BCUT2D eigenvalue weighted by Gasteiger charge is -2.30. The molecule has 0 aliphatic heterocycles. The topological polar surface area (TPSA) is 6.48 Å². The summed E-state index contributed by atoms with van der Waals surface area (Å²) in [4.78, 5) is 4.78. The minimum absolute atomic E-state index is 0. The van der Waals surface area contributed by atoms with Crippen LogP contribution in [-0.4, -0.2) is 0 Å². The van der Waals surface area contributed by atoms with Crippen molar-refractivity contribution in [3.63, 3.8) is 0 Å². The summed E-state index contributed by atoms with van der Waals surface area (Å²) >= 11 is 0. The van der Waals surface area contributed by atoms with Crippen molar-refractivity contribution in [1.29, 1.82) is 0 Å². The number of rotatable bonds is 11. The first-order valence-corrected chi connectivity index (χ1v) is 40.2. The molecule has 0 unspecified atom stereocenters. The predicted molar refractivity (Wildman–Crippen MR) is 486 cm³/mol. The van der Waals surface area contributed by atoms with Gasteiger partial charge in [0, 0.05) is 39.5 Å². The Kier molecular flexibility index (Phi) is 16.6. The SMILES string of the molecule is C.CC1(C)c2ccccc2-c2ccc(N(c3ccc(-c4ccccc4)cc3)c3ccc(-c4cccc5c4-c4ccccc4C54c5ccccc5-c5ccccc54)cc3)cc21.c1ccc(-c2ccc(N(c3ccc(-c4ccccc4)cc3)c3ccc(-c4cccc5c4-c4ccccc4C54c5ccccc5-c5ccccc54)cc3)cc2)cc1. The van der Waals surface area contributed by atoms with Crippen LogP contribution in [-0.2, 0) is 16.2 Å². The Morgan fingerprint density at radius 1 is 0.155 bits per heavy atom. The van der Waals surface area contributed by atoms with E-state index in [0.717, 1.165) is 34.1 Å². The summed E-state index contributed by atoms with van der Waals surface area (Å²) in [6, 6.07) is 161. The van der Waals surface area contributed by atoms with Crippen molar-refractivity contribution in [3.05, 3.63) is 492 Å². The van der Waals surface area contributed by atoms with Crippen LogP contribution >= 0.6 is 0 Å². The van der Waals surface area contributed by atoms with Gasteiger partial charge in [-0.25, -0.2) is 0 Å². The van der Waals surface area contributed by atoms with Crippen LogP contribution in [0.5, 0.6) is 0 Å². The highest BCUT2D eigenvalue weighted by molar-refractivity contribution is 6.03. The molecule has 0 bridgehead atoms. The maximum Gasteiger partial charge on any atom is 0.0725 e. The molecule has 0 atom stereocenters. The summed E-state index contributed by atoms with van der Waals surface area (Å²) in [5.74, 6) is 0. The molecule has 0 fully saturated rings. The first kappa shape index (κ1) is 69.5. The molecule has 0 aromatic heterocycles. The Balaban J connectivity index is 0.000000144. The molecule has 2 nitrogen and oxygen atoms in total. The van der Waals surface area contributed by atoms with E-state index in [-0.39, 0.29) is 23.7 Å². The van der Waals surface area contributed by atoms with Gasteiger partial charge in [-0.15, -0.1) is 0 Å². The molecule has 23 rings (SSSR count). The summed E-state index contributed by atoms with van der Waals surface area (Å²) in [5, 5.41) is 0. The largest absolute Gasteiger partial charge is 0.311 e. The van der Waals surface area contributed by atoms with Gasteiger partial charge in [0.05, 0.1) is 10.8 Å². The molecule has 548 valence electrons. The van der Waals surface area contributed by atoms with Crippen molar-refractivity contribution in [2.45, 2.75) is 37.5 Å². The molecule has 0 saturated heterocycles. The monoisotopic (exact) mass is 1480 g/mol. The van der Waals surface area contributed by atoms with Gasteiger partial charge in [0.2, 0.25) is 0 Å². The highest BCUT2D eigenvalue weighted by atomic mass is 15.1. The van der Waals surface area contributed by atoms with Gasteiger partial charge >= 0.3 is 0 Å². The molecule has 0 heterocycles. The van der Waals surface area contributed by atoms with Crippen molar-refractivity contribution in [3.8, 4) is 111 Å². The van der Waals surface area contributed by atoms with Crippen LogP contribution in [0.25, 0.3) is 111 Å². The van der Waals surface area contributed by atoms with Gasteiger partial charge in [-0.1, -0.05) is 385 Å². The van der Waals surface area contributed by atoms with Gasteiger partial charge < -0.3 is 9.80 Å². The predicted octanol–water partition coefficient (Wildman–Crippen LogP) is 30.3. The van der Waals surface area contributed by atoms with E-state index in [9.17, 15) is 0 Å². The Bertz CT molecular complexity index is 6640. The molecule has 116 heavy (non-hydrogen) atoms. The number of hydrogen-bond donors (Lipinski definition) is 0. The summed E-state index contributed by atoms with van der Waals surface area (Å²) < 4.78 is 0. The van der Waals surface area contributed by atoms with E-state index in [1.54, 1.807) is 0 Å². The molecule has 0 saturated carbocycles. The van der Waals surface area contributed by atoms with E-state index >= 15 is 0 Å². The minimum Gasteiger partial charge on any atom is -0.311 e. The second kappa shape index (κ2) is 27.7. The van der Waals surface area contributed by atoms with Gasteiger partial charge in [-0.2, -0.15) is 0 Å². The third kappa shape index (κ3) is 10.6. The van der Waals surface area contributed by atoms with Crippen LogP contribution in [0, 0.1) is 0 Å². The van der Waals surface area contributed by atoms with E-state index in [0.29, 0.717) is 0 Å². The van der Waals surface area contributed by atoms with E-state index in [1.165, 1.54) is 167 Å². The summed E-state index contributed by atoms with van der Waals surface area (Å²) in [6.07, 6.45) is 0. The third-order valence-corrected chi connectivity index (χ3v) is 25.4. The lowest BCUT2D eigenvalue weighted by Crippen LogP contribution is -2.25. The van der Waals surface area contributed by atoms with Gasteiger partial charge in [-0.3, -0.25) is 0 Å². The molecule has 18 aromatic carbocycles. The average Bonchev–Trinajstić information content (AvgIpc) is 1.51. The van der Waals surface area contributed by atoms with Crippen LogP contribution in [0.1, 0.15) is 76.9 Å². The Hall–Kier alpha value is -14.4. The second-order valence-corrected chi connectivity index (χ2v) is 31.6. The molecule has 5 aliphatic rings. The normalized spacial score (nSPS) is 13.4. The summed E-state index contributed by atoms with van der Waals surface area (Å²) in [6.45, 7) is 4.72. The van der Waals surface area contributed by atoms with Crippen LogP contribution in [0.15, 0.2) is 437 Å². The smallest absolute Gasteiger partial charge is 0.0725 e. The minimum atomic E-state index is -0.362. The molecule has 0 amide bonds. The number of hydrogen-bond acceptors (Lipinski definition) is 2. The average molecular weight is 1480 g/mol. The van der Waals surface area contributed by atoms with Crippen LogP contribution in [0.3, 0.4) is 0 Å². The number of nitrogens with zero attached hydrogens (tertiary/aromatic N) is 2. The fourth-order valence-electron chi connectivity index (χ4n) is 20.4. The van der Waals surface area contributed by atoms with Gasteiger partial charge in [0.25, 0.3) is 0 Å². The third-order valence-electron chi connectivity index (χ3n) is 25.4. The van der Waals surface area contributed by atoms with E-state index in [1.807, 2.05) is 0 Å². The fraction of sp³-hybridized carbons (Fsp3) is 0.0526. The number of fused-ring (bicyclic) bond motifs is 23. The maximum absolute atomic E-state index is 2.42. The van der Waals surface area contributed by atoms with Crippen molar-refractivity contribution in [2.24, 2.45) is 0 Å². The lowest BCUT2D eigenvalue weighted by atomic mass is 9.70. The molecule has 18 aromatic rings. The van der Waals surface area contributed by atoms with E-state index in [2.05, 4.69) is 460 Å². The summed E-state index contributed by atoms with van der Waals surface area (Å²) in [5.41, 5.74) is 45.0. The molecule has 5 aliphatic carbocycles. The Labute approximate surface area is 680 Å². The van der Waals surface area contributed by atoms with Gasteiger partial charge in [0.1, 0.15) is 0 Å². The first-order valence-electron chi connectivity index (χ1n) is 40.2. The quantitative estimate of drug-likeness (QED) is 0.127. The second-order valence-electron chi connectivity index (χ2n) is 31.6. The highest BCUT2D eigenvalue weighted by Gasteiger charge is 2.54. The molecular formula is C114H82N2. The number of anilines is 6. The van der Waals surface area contributed by atoms with Crippen LogP contribution in [0.2, 0.25) is 0 Å². The lowest BCUT2D eigenvalue weighted by molar-refractivity contribution is 0.660. The molecule has 2 heteroatoms. The standard InChI is InChI=1S/C58H41N.C55H37N.CH4/c1-57(2)50-22-10-6-17-45(50)48-36-35-43(37-55(48)57)59(41-31-27-39(28-32-41)38-15-4-3-5-16-38)42-33-29-40(30-34-42)44-21-14-26-54-56(44)49-20-9-13-25-53(49)58(54)51-23-11-7-18-46(51)47-19-8-12-24-52(47)58;1-3-14-38(15-4-1)40-26-32-43(33-27-40)56(44-34-28-41(29-35-44)39-16-5-2-6-17-39)45-36-30-42(31-37-45)46-21-13-25-53-54(46)49-20-9-12-24-52(49)55(53)50-22-10-7-18-47(50)48-19-8-11-23-51(48)55;/h3-37H,1-2H3;1-37H;1H4. The van der Waals surface area contributed by atoms with Crippen molar-refractivity contribution in [2.75, 3.05) is 9.80 Å². The zero-order valence-electron chi connectivity index (χ0n) is 64.0. The van der Waals surface area contributed by atoms with Crippen molar-refractivity contribution in [1.82, 2.24) is 0 Å². The summed E-state index contributed by atoms with van der Waals surface area (Å²) in [7, 11) is 0. The van der Waals surface area contributed by atoms with E-state index < -0.39 is 0 Å². The van der Waals surface area contributed by atoms with Crippen LogP contribution < -0.4 is 9.80 Å². The molecule has 0 radical (unpaired) electrons. The zero-order chi connectivity index (χ0) is 76.4. The first-order chi connectivity index (χ1) is 56.8. The van der Waals surface area contributed by atoms with Crippen LogP contribution in [0.4, 0.5) is 34.1 Å². The Morgan fingerprint density at radius 2 is 0.371 bits per heavy atom. The van der Waals surface area contributed by atoms with E-state index in [4.69, 9.17) is 0 Å². The maximum atomic E-state index is 2.42. The highest BCUT2D eigenvalue weighted by Crippen LogP contribution is 2.66. The van der Waals surface area contributed by atoms with Gasteiger partial charge in [-0.05, 0) is 240 Å². The fourth-order valence-corrected chi connectivity index (χ4v) is 20.4. The molecular weight excluding hydrogens is 1400 g/mol. The van der Waals surface area contributed by atoms with Crippen molar-refractivity contribution < 1.29 is 0 Å². The number of benzene rings is 18. The van der Waals surface area contributed by atoms with Gasteiger partial charge in [0.15, 0.2) is 0 Å². The Morgan fingerprint density at radius 3 is 0.698 bits per heavy atom. The zero-order valence-corrected chi connectivity index (χ0v) is 64.0. The van der Waals surface area contributed by atoms with Crippen molar-refractivity contribution >= 4 is 34.1 Å².